The summed E-state index contributed by atoms with van der Waals surface area (Å²) in [5.41, 5.74) is 0.902. The van der Waals surface area contributed by atoms with Crippen LogP contribution in [0.4, 0.5) is 5.69 Å². The first-order chi connectivity index (χ1) is 16.1. The number of hydrogen-bond donors (Lipinski definition) is 1. The maximum Gasteiger partial charge on any atom is 0.264 e. The third kappa shape index (κ3) is 6.07. The Bertz CT molecular complexity index is 1280. The summed E-state index contributed by atoms with van der Waals surface area (Å²) in [6, 6.07) is 15.2. The lowest BCUT2D eigenvalue weighted by Gasteiger charge is -2.24. The molecule has 3 aromatic carbocycles. The van der Waals surface area contributed by atoms with E-state index in [9.17, 15) is 13.2 Å². The summed E-state index contributed by atoms with van der Waals surface area (Å²) in [6.07, 6.45) is 0. The van der Waals surface area contributed by atoms with Crippen molar-refractivity contribution in [1.82, 2.24) is 5.32 Å². The third-order valence-corrected chi connectivity index (χ3v) is 7.44. The zero-order valence-corrected chi connectivity index (χ0v) is 21.3. The van der Waals surface area contributed by atoms with Gasteiger partial charge in [-0.15, -0.1) is 0 Å². The van der Waals surface area contributed by atoms with Crippen molar-refractivity contribution in [3.05, 3.63) is 81.3 Å². The highest BCUT2D eigenvalue weighted by Crippen LogP contribution is 2.32. The molecule has 180 valence electrons. The van der Waals surface area contributed by atoms with Crippen molar-refractivity contribution < 1.29 is 22.7 Å². The molecule has 0 spiro atoms. The topological polar surface area (TPSA) is 84.9 Å². The summed E-state index contributed by atoms with van der Waals surface area (Å²) in [5, 5.41) is 3.97. The van der Waals surface area contributed by atoms with Crippen LogP contribution in [0.25, 0.3) is 0 Å². The van der Waals surface area contributed by atoms with Crippen molar-refractivity contribution in [3.8, 4) is 11.5 Å². The van der Waals surface area contributed by atoms with Gasteiger partial charge in [-0.1, -0.05) is 40.9 Å². The van der Waals surface area contributed by atoms with Gasteiger partial charge in [-0.2, -0.15) is 0 Å². The van der Waals surface area contributed by atoms with Crippen molar-refractivity contribution in [2.75, 3.05) is 25.1 Å². The molecule has 0 fully saturated rings. The fourth-order valence-electron chi connectivity index (χ4n) is 3.07. The molecule has 1 N–H and O–H groups in total. The number of carbonyl (C=O) groups is 1. The molecular formula is C23H21Cl3N2O5S. The van der Waals surface area contributed by atoms with E-state index >= 15 is 0 Å². The first-order valence-corrected chi connectivity index (χ1v) is 12.4. The number of methoxy groups -OCH3 is 2. The Kier molecular flexibility index (Phi) is 8.54. The van der Waals surface area contributed by atoms with E-state index in [-0.39, 0.29) is 22.9 Å². The lowest BCUT2D eigenvalue weighted by molar-refractivity contribution is -0.119. The number of benzene rings is 3. The van der Waals surface area contributed by atoms with Gasteiger partial charge in [0.15, 0.2) is 11.5 Å². The van der Waals surface area contributed by atoms with E-state index in [4.69, 9.17) is 44.3 Å². The molecule has 1 amide bonds. The summed E-state index contributed by atoms with van der Waals surface area (Å²) in [6.45, 7) is -0.386. The highest BCUT2D eigenvalue weighted by molar-refractivity contribution is 7.92. The molecule has 0 aliphatic carbocycles. The molecule has 0 aromatic heterocycles. The highest BCUT2D eigenvalue weighted by atomic mass is 35.5. The van der Waals surface area contributed by atoms with Crippen molar-refractivity contribution in [3.63, 3.8) is 0 Å². The standard InChI is InChI=1S/C23H21Cl3N2O5S/c1-32-21-10-9-19(12-22(21)33-2)34(30,31)28(18-7-5-16(24)6-8-18)14-23(29)27-13-15-3-4-17(25)11-20(15)26/h3-12H,13-14H2,1-2H3,(H,27,29). The third-order valence-electron chi connectivity index (χ3n) is 4.84. The van der Waals surface area contributed by atoms with Gasteiger partial charge in [-0.05, 0) is 54.1 Å². The maximum absolute atomic E-state index is 13.6. The second kappa shape index (κ2) is 11.2. The number of amides is 1. The number of nitrogens with one attached hydrogen (secondary N) is 1. The molecule has 0 saturated heterocycles. The average Bonchev–Trinajstić information content (AvgIpc) is 2.82. The van der Waals surface area contributed by atoms with E-state index in [1.54, 1.807) is 30.3 Å². The van der Waals surface area contributed by atoms with Crippen LogP contribution in [0.1, 0.15) is 5.56 Å². The van der Waals surface area contributed by atoms with Gasteiger partial charge in [0.25, 0.3) is 10.0 Å². The monoisotopic (exact) mass is 542 g/mol. The van der Waals surface area contributed by atoms with E-state index in [0.717, 1.165) is 4.31 Å². The smallest absolute Gasteiger partial charge is 0.264 e. The van der Waals surface area contributed by atoms with E-state index in [1.165, 1.54) is 44.6 Å². The van der Waals surface area contributed by atoms with Gasteiger partial charge in [0.05, 0.1) is 24.8 Å². The van der Waals surface area contributed by atoms with Crippen LogP contribution in [0.15, 0.2) is 65.6 Å². The quantitative estimate of drug-likeness (QED) is 0.402. The number of anilines is 1. The minimum Gasteiger partial charge on any atom is -0.493 e. The van der Waals surface area contributed by atoms with Gasteiger partial charge in [-0.3, -0.25) is 9.10 Å². The molecule has 0 radical (unpaired) electrons. The SMILES string of the molecule is COc1ccc(S(=O)(=O)N(CC(=O)NCc2ccc(Cl)cc2Cl)c2ccc(Cl)cc2)cc1OC. The van der Waals surface area contributed by atoms with Gasteiger partial charge in [-0.25, -0.2) is 8.42 Å². The molecular weight excluding hydrogens is 523 g/mol. The predicted molar refractivity (Wildman–Crippen MR) is 134 cm³/mol. The lowest BCUT2D eigenvalue weighted by Crippen LogP contribution is -2.40. The van der Waals surface area contributed by atoms with Crippen LogP contribution in [0, 0.1) is 0 Å². The van der Waals surface area contributed by atoms with Crippen LogP contribution in [0.5, 0.6) is 11.5 Å². The molecule has 0 atom stereocenters. The second-order valence-electron chi connectivity index (χ2n) is 7.02. The number of halogens is 3. The number of rotatable bonds is 9. The largest absolute Gasteiger partial charge is 0.493 e. The number of ether oxygens (including phenoxy) is 2. The first-order valence-electron chi connectivity index (χ1n) is 9.86. The van der Waals surface area contributed by atoms with Gasteiger partial charge >= 0.3 is 0 Å². The molecule has 7 nitrogen and oxygen atoms in total. The van der Waals surface area contributed by atoms with E-state index < -0.39 is 22.5 Å². The van der Waals surface area contributed by atoms with E-state index in [0.29, 0.717) is 26.4 Å². The highest BCUT2D eigenvalue weighted by Gasteiger charge is 2.28. The van der Waals surface area contributed by atoms with E-state index in [1.807, 2.05) is 0 Å². The Morgan fingerprint density at radius 1 is 0.882 bits per heavy atom. The first kappa shape index (κ1) is 26.0. The molecule has 3 aromatic rings. The lowest BCUT2D eigenvalue weighted by atomic mass is 10.2. The van der Waals surface area contributed by atoms with Crippen LogP contribution >= 0.6 is 34.8 Å². The molecule has 0 aliphatic heterocycles. The minimum atomic E-state index is -4.17. The van der Waals surface area contributed by atoms with Crippen molar-refractivity contribution >= 4 is 56.4 Å². The normalized spacial score (nSPS) is 11.1. The Hall–Kier alpha value is -2.65. The summed E-state index contributed by atoms with van der Waals surface area (Å²) < 4.78 is 38.5. The van der Waals surface area contributed by atoms with Crippen molar-refractivity contribution in [2.45, 2.75) is 11.4 Å². The summed E-state index contributed by atoms with van der Waals surface area (Å²) >= 11 is 18.0. The van der Waals surface area contributed by atoms with Crippen LogP contribution in [0.3, 0.4) is 0 Å². The fourth-order valence-corrected chi connectivity index (χ4v) is 5.11. The Balaban J connectivity index is 1.90. The molecule has 34 heavy (non-hydrogen) atoms. The van der Waals surface area contributed by atoms with Crippen LogP contribution in [-0.2, 0) is 21.4 Å². The van der Waals surface area contributed by atoms with Gasteiger partial charge in [0.1, 0.15) is 6.54 Å². The van der Waals surface area contributed by atoms with Gasteiger partial charge in [0.2, 0.25) is 5.91 Å². The Labute approximate surface area is 213 Å². The zero-order valence-electron chi connectivity index (χ0n) is 18.2. The van der Waals surface area contributed by atoms with Crippen LogP contribution in [-0.4, -0.2) is 35.1 Å². The van der Waals surface area contributed by atoms with Crippen LogP contribution < -0.4 is 19.1 Å². The second-order valence-corrected chi connectivity index (χ2v) is 10.2. The molecule has 0 bridgehead atoms. The number of carbonyl (C=O) groups excluding carboxylic acids is 1. The molecule has 11 heteroatoms. The molecule has 0 saturated carbocycles. The molecule has 0 heterocycles. The zero-order chi connectivity index (χ0) is 24.9. The molecule has 3 rings (SSSR count). The van der Waals surface area contributed by atoms with Crippen molar-refractivity contribution in [2.24, 2.45) is 0 Å². The van der Waals surface area contributed by atoms with Crippen molar-refractivity contribution in [1.29, 1.82) is 0 Å². The Morgan fingerprint density at radius 3 is 2.15 bits per heavy atom. The molecule has 0 unspecified atom stereocenters. The average molecular weight is 544 g/mol. The number of hydrogen-bond acceptors (Lipinski definition) is 5. The maximum atomic E-state index is 13.6. The minimum absolute atomic E-state index is 0.0753. The van der Waals surface area contributed by atoms with Gasteiger partial charge in [0, 0.05) is 27.7 Å². The fraction of sp³-hybridized carbons (Fsp3) is 0.174. The van der Waals surface area contributed by atoms with Gasteiger partial charge < -0.3 is 14.8 Å². The summed E-state index contributed by atoms with van der Waals surface area (Å²) in [7, 11) is -1.31. The van der Waals surface area contributed by atoms with Crippen LogP contribution in [0.2, 0.25) is 15.1 Å². The summed E-state index contributed by atoms with van der Waals surface area (Å²) in [5.74, 6) is 0.0727. The summed E-state index contributed by atoms with van der Waals surface area (Å²) in [4.78, 5) is 12.7. The number of nitrogens with zero attached hydrogens (tertiary/aromatic N) is 1. The molecule has 0 aliphatic rings. The predicted octanol–water partition coefficient (Wildman–Crippen LogP) is 5.18. The number of sulfonamides is 1. The Morgan fingerprint density at radius 2 is 1.53 bits per heavy atom. The van der Waals surface area contributed by atoms with E-state index in [2.05, 4.69) is 5.32 Å².